The fourth-order valence-electron chi connectivity index (χ4n) is 1.69. The number of halogens is 6. The maximum atomic E-state index is 6.03. The fraction of sp³-hybridized carbons (Fsp3) is 0.143. The molecule has 0 fully saturated rings. The molecule has 0 atom stereocenters. The second kappa shape index (κ2) is 8.61. The number of benzene rings is 2. The van der Waals surface area contributed by atoms with Crippen molar-refractivity contribution in [3.05, 3.63) is 49.4 Å². The highest BCUT2D eigenvalue weighted by molar-refractivity contribution is 6.40. The Hall–Kier alpha value is -0.420. The molecule has 2 rings (SSSR count). The van der Waals surface area contributed by atoms with Crippen LogP contribution >= 0.6 is 69.9 Å². The number of hydrogen-bond acceptors (Lipinski definition) is 3. The van der Waals surface area contributed by atoms with Crippen LogP contribution in [0.25, 0.3) is 0 Å². The van der Waals surface area contributed by atoms with Crippen LogP contribution in [0, 0.1) is 0 Å². The summed E-state index contributed by atoms with van der Waals surface area (Å²) in [6.07, 6.45) is 0. The van der Waals surface area contributed by atoms with E-state index in [-0.39, 0.29) is 29.7 Å². The third-order valence-electron chi connectivity index (χ3n) is 2.60. The van der Waals surface area contributed by atoms with Gasteiger partial charge in [0.1, 0.15) is 25.1 Å². The number of rotatable bonds is 6. The molecule has 23 heavy (non-hydrogen) atoms. The lowest BCUT2D eigenvalue weighted by Crippen LogP contribution is -2.10. The molecule has 0 saturated heterocycles. The monoisotopic (exact) mass is 434 g/mol. The maximum absolute atomic E-state index is 6.03. The van der Waals surface area contributed by atoms with Crippen LogP contribution in [0.4, 0.5) is 0 Å². The van der Waals surface area contributed by atoms with Crippen LogP contribution in [0.15, 0.2) is 24.3 Å². The Morgan fingerprint density at radius 3 is 1.61 bits per heavy atom. The Kier molecular flexibility index (Phi) is 7.08. The van der Waals surface area contributed by atoms with Crippen LogP contribution in [0.1, 0.15) is 0 Å². The van der Waals surface area contributed by atoms with Gasteiger partial charge in [-0.05, 0) is 18.2 Å². The van der Waals surface area contributed by atoms with Gasteiger partial charge in [0.25, 0.3) is 0 Å². The van der Waals surface area contributed by atoms with Gasteiger partial charge in [0.05, 0.1) is 15.1 Å². The summed E-state index contributed by atoms with van der Waals surface area (Å²) in [6.45, 7) is 0.297. The maximum Gasteiger partial charge on any atom is 0.191 e. The lowest BCUT2D eigenvalue weighted by atomic mass is 10.3. The van der Waals surface area contributed by atoms with Crippen molar-refractivity contribution in [2.24, 2.45) is 0 Å². The van der Waals surface area contributed by atoms with Gasteiger partial charge in [-0.2, -0.15) is 0 Å². The molecule has 0 N–H and O–H groups in total. The van der Waals surface area contributed by atoms with Gasteiger partial charge in [-0.1, -0.05) is 58.0 Å². The molecule has 0 bridgehead atoms. The molecule has 2 aromatic rings. The fourth-order valence-corrected chi connectivity index (χ4v) is 3.26. The number of hydrogen-bond donors (Lipinski definition) is 0. The van der Waals surface area contributed by atoms with Gasteiger partial charge < -0.3 is 13.8 Å². The Labute approximate surface area is 163 Å². The summed E-state index contributed by atoms with van der Waals surface area (Å²) >= 11 is 35.1. The van der Waals surface area contributed by atoms with Crippen LogP contribution in [-0.2, 0) is 0 Å². The highest BCUT2D eigenvalue weighted by Crippen LogP contribution is 2.39. The Morgan fingerprint density at radius 1 is 0.652 bits per heavy atom. The van der Waals surface area contributed by atoms with Crippen molar-refractivity contribution in [2.75, 3.05) is 13.2 Å². The van der Waals surface area contributed by atoms with E-state index in [4.69, 9.17) is 79.3 Å². The van der Waals surface area contributed by atoms with Gasteiger partial charge >= 0.3 is 0 Å². The van der Waals surface area contributed by atoms with Crippen molar-refractivity contribution in [3.63, 3.8) is 0 Å². The predicted molar refractivity (Wildman–Crippen MR) is 95.4 cm³/mol. The standard InChI is InChI=1S/C14H8Cl6O3/c15-7-3-9(17)13(10(18)4-7)21-1-2-22-14-11(19)5-8(16)6-12(14)23-20/h3-6H,1-2H2. The minimum absolute atomic E-state index is 0.143. The van der Waals surface area contributed by atoms with Crippen LogP contribution in [0.5, 0.6) is 17.2 Å². The van der Waals surface area contributed by atoms with E-state index < -0.39 is 0 Å². The van der Waals surface area contributed by atoms with E-state index in [1.165, 1.54) is 24.3 Å². The Balaban J connectivity index is 1.99. The second-order valence-electron chi connectivity index (χ2n) is 4.19. The average molecular weight is 437 g/mol. The SMILES string of the molecule is ClOc1cc(Cl)cc(Cl)c1OCCOc1c(Cl)cc(Cl)cc1Cl. The number of ether oxygens (including phenoxy) is 2. The summed E-state index contributed by atoms with van der Waals surface area (Å²) in [5, 5.41) is 1.65. The molecule has 124 valence electrons. The van der Waals surface area contributed by atoms with Gasteiger partial charge in [-0.15, -0.1) is 0 Å². The molecule has 0 amide bonds. The predicted octanol–water partition coefficient (Wildman–Crippen LogP) is 6.94. The quantitative estimate of drug-likeness (QED) is 0.459. The lowest BCUT2D eigenvalue weighted by molar-refractivity contribution is 0.214. The minimum atomic E-state index is 0.143. The first-order valence-corrected chi connectivity index (χ1v) is 8.30. The third kappa shape index (κ3) is 5.02. The summed E-state index contributed by atoms with van der Waals surface area (Å²) < 4.78 is 15.6. The molecule has 0 heterocycles. The van der Waals surface area contributed by atoms with Crippen molar-refractivity contribution in [1.29, 1.82) is 0 Å². The zero-order chi connectivity index (χ0) is 17.0. The molecule has 9 heteroatoms. The van der Waals surface area contributed by atoms with E-state index in [0.29, 0.717) is 25.8 Å². The van der Waals surface area contributed by atoms with E-state index in [1.54, 1.807) is 0 Å². The average Bonchev–Trinajstić information content (AvgIpc) is 2.46. The molecule has 0 aromatic heterocycles. The van der Waals surface area contributed by atoms with E-state index in [0.717, 1.165) is 0 Å². The van der Waals surface area contributed by atoms with E-state index >= 15 is 0 Å². The first-order chi connectivity index (χ1) is 10.9. The third-order valence-corrected chi connectivity index (χ3v) is 4.04. The highest BCUT2D eigenvalue weighted by Gasteiger charge is 2.13. The molecule has 0 aliphatic carbocycles. The summed E-state index contributed by atoms with van der Waals surface area (Å²) in [7, 11) is 0. The zero-order valence-corrected chi connectivity index (χ0v) is 15.8. The molecular formula is C14H8Cl6O3. The summed E-state index contributed by atoms with van der Waals surface area (Å²) in [4.78, 5) is 0. The first-order valence-electron chi connectivity index (χ1n) is 6.10. The molecule has 0 aliphatic rings. The Morgan fingerprint density at radius 2 is 1.09 bits per heavy atom. The Bertz CT molecular complexity index is 684. The molecule has 0 spiro atoms. The highest BCUT2D eigenvalue weighted by atomic mass is 35.5. The lowest BCUT2D eigenvalue weighted by Gasteiger charge is -2.13. The van der Waals surface area contributed by atoms with E-state index in [1.807, 2.05) is 0 Å². The normalized spacial score (nSPS) is 10.5. The van der Waals surface area contributed by atoms with Crippen LogP contribution < -0.4 is 13.8 Å². The molecule has 0 saturated carbocycles. The zero-order valence-electron chi connectivity index (χ0n) is 11.2. The van der Waals surface area contributed by atoms with E-state index in [9.17, 15) is 0 Å². The smallest absolute Gasteiger partial charge is 0.191 e. The van der Waals surface area contributed by atoms with Crippen LogP contribution in [0.2, 0.25) is 25.1 Å². The van der Waals surface area contributed by atoms with E-state index in [2.05, 4.69) is 4.29 Å². The largest absolute Gasteiger partial charge is 0.487 e. The topological polar surface area (TPSA) is 27.7 Å². The molecule has 0 radical (unpaired) electrons. The second-order valence-corrected chi connectivity index (χ2v) is 6.44. The van der Waals surface area contributed by atoms with Crippen molar-refractivity contribution in [3.8, 4) is 17.2 Å². The van der Waals surface area contributed by atoms with Gasteiger partial charge in [-0.3, -0.25) is 0 Å². The first kappa shape index (κ1) is 18.9. The molecule has 2 aromatic carbocycles. The van der Waals surface area contributed by atoms with Crippen molar-refractivity contribution >= 4 is 69.9 Å². The van der Waals surface area contributed by atoms with Crippen molar-refractivity contribution in [2.45, 2.75) is 0 Å². The van der Waals surface area contributed by atoms with Gasteiger partial charge in [0.2, 0.25) is 0 Å². The minimum Gasteiger partial charge on any atom is -0.487 e. The summed E-state index contributed by atoms with van der Waals surface area (Å²) in [6, 6.07) is 6.04. The molecular weight excluding hydrogens is 429 g/mol. The van der Waals surface area contributed by atoms with Crippen molar-refractivity contribution < 1.29 is 13.8 Å². The summed E-state index contributed by atoms with van der Waals surface area (Å²) in [5.74, 6) is 0.770. The molecule has 3 nitrogen and oxygen atoms in total. The molecule has 0 unspecified atom stereocenters. The van der Waals surface area contributed by atoms with Gasteiger partial charge in [-0.25, -0.2) is 0 Å². The molecule has 0 aliphatic heterocycles. The van der Waals surface area contributed by atoms with Crippen LogP contribution in [0.3, 0.4) is 0 Å². The van der Waals surface area contributed by atoms with Gasteiger partial charge in [0, 0.05) is 16.1 Å². The van der Waals surface area contributed by atoms with Crippen molar-refractivity contribution in [1.82, 2.24) is 0 Å². The van der Waals surface area contributed by atoms with Crippen LogP contribution in [-0.4, -0.2) is 13.2 Å². The summed E-state index contributed by atoms with van der Waals surface area (Å²) in [5.41, 5.74) is 0. The van der Waals surface area contributed by atoms with Gasteiger partial charge in [0.15, 0.2) is 17.2 Å².